The molecular formula is C20H24O7. The van der Waals surface area contributed by atoms with Crippen molar-refractivity contribution in [1.82, 2.24) is 0 Å². The fourth-order valence-electron chi connectivity index (χ4n) is 2.50. The average molecular weight is 376 g/mol. The highest BCUT2D eigenvalue weighted by atomic mass is 16.5. The molecule has 1 aromatic heterocycles. The van der Waals surface area contributed by atoms with E-state index >= 15 is 0 Å². The first-order chi connectivity index (χ1) is 13.0. The van der Waals surface area contributed by atoms with Crippen molar-refractivity contribution in [2.24, 2.45) is 0 Å². The molecule has 0 aliphatic carbocycles. The summed E-state index contributed by atoms with van der Waals surface area (Å²) < 4.78 is 15.9. The number of benzene rings is 1. The Labute approximate surface area is 156 Å². The van der Waals surface area contributed by atoms with E-state index in [1.54, 1.807) is 18.2 Å². The number of hydrogen-bond acceptors (Lipinski definition) is 6. The van der Waals surface area contributed by atoms with Gasteiger partial charge in [-0.25, -0.2) is 4.79 Å². The first-order valence-electron chi connectivity index (χ1n) is 8.99. The Kier molecular flexibility index (Phi) is 7.73. The van der Waals surface area contributed by atoms with E-state index in [4.69, 9.17) is 19.0 Å². The van der Waals surface area contributed by atoms with Gasteiger partial charge in [-0.15, -0.1) is 0 Å². The van der Waals surface area contributed by atoms with Crippen LogP contribution in [0.3, 0.4) is 0 Å². The molecule has 0 fully saturated rings. The Bertz CT molecular complexity index is 851. The van der Waals surface area contributed by atoms with Gasteiger partial charge in [-0.2, -0.15) is 0 Å². The molecule has 146 valence electrons. The van der Waals surface area contributed by atoms with Gasteiger partial charge in [0.15, 0.2) is 17.1 Å². The first-order valence-corrected chi connectivity index (χ1v) is 8.99. The number of hydrogen-bond donors (Lipinski definition) is 2. The average Bonchev–Trinajstić information content (AvgIpc) is 2.63. The molecule has 7 nitrogen and oxygen atoms in total. The SMILES string of the molecule is CCCCCC/C=C/Oc1c(O)c2cccc(OCCC(=O)O)c2oc1=O. The summed E-state index contributed by atoms with van der Waals surface area (Å²) in [5.74, 6) is -1.47. The van der Waals surface area contributed by atoms with Crippen molar-refractivity contribution in [3.05, 3.63) is 41.0 Å². The van der Waals surface area contributed by atoms with Crippen LogP contribution in [-0.2, 0) is 4.79 Å². The third-order valence-electron chi connectivity index (χ3n) is 3.91. The minimum absolute atomic E-state index is 0.0429. The van der Waals surface area contributed by atoms with E-state index in [0.29, 0.717) is 0 Å². The van der Waals surface area contributed by atoms with E-state index in [1.165, 1.54) is 18.7 Å². The quantitative estimate of drug-likeness (QED) is 0.344. The second kappa shape index (κ2) is 10.3. The van der Waals surface area contributed by atoms with E-state index in [9.17, 15) is 14.7 Å². The summed E-state index contributed by atoms with van der Waals surface area (Å²) in [7, 11) is 0. The Morgan fingerprint density at radius 1 is 1.26 bits per heavy atom. The predicted octanol–water partition coefficient (Wildman–Crippen LogP) is 4.22. The monoisotopic (exact) mass is 376 g/mol. The summed E-state index contributed by atoms with van der Waals surface area (Å²) in [4.78, 5) is 22.7. The van der Waals surface area contributed by atoms with Crippen LogP contribution >= 0.6 is 0 Å². The summed E-state index contributed by atoms with van der Waals surface area (Å²) in [6.07, 6.45) is 8.30. The molecular weight excluding hydrogens is 352 g/mol. The summed E-state index contributed by atoms with van der Waals surface area (Å²) in [5, 5.41) is 19.3. The molecule has 0 saturated heterocycles. The number of carboxylic acid groups (broad SMARTS) is 1. The van der Waals surface area contributed by atoms with Crippen molar-refractivity contribution in [3.8, 4) is 17.2 Å². The van der Waals surface area contributed by atoms with Gasteiger partial charge in [-0.05, 0) is 31.1 Å². The van der Waals surface area contributed by atoms with Crippen molar-refractivity contribution in [2.75, 3.05) is 6.61 Å². The molecule has 0 unspecified atom stereocenters. The Morgan fingerprint density at radius 3 is 2.81 bits per heavy atom. The molecule has 0 bridgehead atoms. The van der Waals surface area contributed by atoms with Crippen LogP contribution in [0.5, 0.6) is 17.2 Å². The van der Waals surface area contributed by atoms with Crippen molar-refractivity contribution >= 4 is 16.9 Å². The van der Waals surface area contributed by atoms with Gasteiger partial charge in [0.05, 0.1) is 24.7 Å². The van der Waals surface area contributed by atoms with Crippen LogP contribution in [0.4, 0.5) is 0 Å². The van der Waals surface area contributed by atoms with E-state index < -0.39 is 11.6 Å². The van der Waals surface area contributed by atoms with Crippen molar-refractivity contribution in [2.45, 2.75) is 45.4 Å². The molecule has 0 saturated carbocycles. The number of fused-ring (bicyclic) bond motifs is 1. The smallest absolute Gasteiger partial charge is 0.383 e. The van der Waals surface area contributed by atoms with Gasteiger partial charge < -0.3 is 24.1 Å². The van der Waals surface area contributed by atoms with Crippen LogP contribution in [0.2, 0.25) is 0 Å². The molecule has 7 heteroatoms. The fourth-order valence-corrected chi connectivity index (χ4v) is 2.50. The van der Waals surface area contributed by atoms with E-state index in [-0.39, 0.29) is 41.2 Å². The van der Waals surface area contributed by atoms with Gasteiger partial charge in [0, 0.05) is 0 Å². The maximum atomic E-state index is 12.2. The van der Waals surface area contributed by atoms with Crippen LogP contribution < -0.4 is 15.1 Å². The van der Waals surface area contributed by atoms with E-state index in [1.807, 2.05) is 0 Å². The lowest BCUT2D eigenvalue weighted by molar-refractivity contribution is -0.137. The fraction of sp³-hybridized carbons (Fsp3) is 0.400. The standard InChI is InChI=1S/C20H24O7/c1-2-3-4-5-6-7-12-26-19-17(23)14-9-8-10-15(18(14)27-20(19)24)25-13-11-16(21)22/h7-10,12,23H,2-6,11,13H2,1H3,(H,21,22)/b12-7+. The molecule has 0 aliphatic heterocycles. The largest absolute Gasteiger partial charge is 0.504 e. The maximum absolute atomic E-state index is 12.2. The Morgan fingerprint density at radius 2 is 2.07 bits per heavy atom. The number of carbonyl (C=O) groups is 1. The number of rotatable bonds is 11. The number of aliphatic carboxylic acids is 1. The van der Waals surface area contributed by atoms with Crippen LogP contribution in [0.25, 0.3) is 11.0 Å². The lowest BCUT2D eigenvalue weighted by Crippen LogP contribution is -2.07. The van der Waals surface area contributed by atoms with Gasteiger partial charge in [-0.1, -0.05) is 32.3 Å². The molecule has 0 spiro atoms. The summed E-state index contributed by atoms with van der Waals surface area (Å²) >= 11 is 0. The van der Waals surface area contributed by atoms with Crippen LogP contribution in [0.15, 0.2) is 39.7 Å². The summed E-state index contributed by atoms with van der Waals surface area (Å²) in [5.41, 5.74) is -0.800. The molecule has 2 N–H and O–H groups in total. The molecule has 0 aliphatic rings. The summed E-state index contributed by atoms with van der Waals surface area (Å²) in [6.45, 7) is 2.06. The van der Waals surface area contributed by atoms with Crippen LogP contribution in [0, 0.1) is 0 Å². The third kappa shape index (κ3) is 5.77. The van der Waals surface area contributed by atoms with Gasteiger partial charge in [0.1, 0.15) is 0 Å². The van der Waals surface area contributed by atoms with Crippen LogP contribution in [0.1, 0.15) is 45.4 Å². The second-order valence-electron chi connectivity index (χ2n) is 6.03. The lowest BCUT2D eigenvalue weighted by atomic mass is 10.1. The topological polar surface area (TPSA) is 106 Å². The molecule has 2 rings (SSSR count). The van der Waals surface area contributed by atoms with Crippen molar-refractivity contribution in [3.63, 3.8) is 0 Å². The Hall–Kier alpha value is -2.96. The number of ether oxygens (including phenoxy) is 2. The molecule has 27 heavy (non-hydrogen) atoms. The molecule has 0 atom stereocenters. The minimum Gasteiger partial charge on any atom is -0.504 e. The Balaban J connectivity index is 2.14. The van der Waals surface area contributed by atoms with E-state index in [2.05, 4.69) is 6.92 Å². The number of unbranched alkanes of at least 4 members (excludes halogenated alkanes) is 4. The van der Waals surface area contributed by atoms with E-state index in [0.717, 1.165) is 25.7 Å². The molecule has 1 aromatic carbocycles. The normalized spacial score (nSPS) is 11.1. The zero-order chi connectivity index (χ0) is 19.6. The summed E-state index contributed by atoms with van der Waals surface area (Å²) in [6, 6.07) is 4.69. The van der Waals surface area contributed by atoms with Gasteiger partial charge in [0.2, 0.25) is 0 Å². The highest BCUT2D eigenvalue weighted by Gasteiger charge is 2.17. The highest BCUT2D eigenvalue weighted by Crippen LogP contribution is 2.35. The van der Waals surface area contributed by atoms with Crippen LogP contribution in [-0.4, -0.2) is 22.8 Å². The molecule has 0 radical (unpaired) electrons. The number of para-hydroxylation sites is 1. The van der Waals surface area contributed by atoms with Gasteiger partial charge >= 0.3 is 11.6 Å². The maximum Gasteiger partial charge on any atom is 0.383 e. The lowest BCUT2D eigenvalue weighted by Gasteiger charge is -2.09. The van der Waals surface area contributed by atoms with Crippen molar-refractivity contribution in [1.29, 1.82) is 0 Å². The molecule has 1 heterocycles. The zero-order valence-corrected chi connectivity index (χ0v) is 15.3. The zero-order valence-electron chi connectivity index (χ0n) is 15.3. The predicted molar refractivity (Wildman–Crippen MR) is 100 cm³/mol. The van der Waals surface area contributed by atoms with Gasteiger partial charge in [-0.3, -0.25) is 4.79 Å². The highest BCUT2D eigenvalue weighted by molar-refractivity contribution is 5.89. The number of carboxylic acids is 1. The van der Waals surface area contributed by atoms with Gasteiger partial charge in [0.25, 0.3) is 5.75 Å². The van der Waals surface area contributed by atoms with Crippen molar-refractivity contribution < 1.29 is 28.9 Å². The minimum atomic E-state index is -1.00. The molecule has 2 aromatic rings. The second-order valence-corrected chi connectivity index (χ2v) is 6.03. The molecule has 0 amide bonds. The third-order valence-corrected chi connectivity index (χ3v) is 3.91. The first kappa shape index (κ1) is 20.4. The number of allylic oxidation sites excluding steroid dienone is 1. The number of aromatic hydroxyl groups is 1.